The van der Waals surface area contributed by atoms with Gasteiger partial charge in [0.05, 0.1) is 48.3 Å². The maximum absolute atomic E-state index is 14.4. The molecule has 2 aliphatic rings. The van der Waals surface area contributed by atoms with Crippen LogP contribution >= 0.6 is 0 Å². The van der Waals surface area contributed by atoms with Crippen molar-refractivity contribution in [2.24, 2.45) is 0 Å². The van der Waals surface area contributed by atoms with Crippen molar-refractivity contribution in [1.29, 1.82) is 0 Å². The summed E-state index contributed by atoms with van der Waals surface area (Å²) < 4.78 is 15.8. The number of carbonyl (C=O) groups excluding carboxylic acids is 3. The number of hydrogen-bond acceptors (Lipinski definition) is 8. The number of nitrogens with zero attached hydrogens (tertiary/aromatic N) is 4. The minimum atomic E-state index is -1.23. The molecule has 2 aromatic heterocycles. The van der Waals surface area contributed by atoms with Crippen LogP contribution in [0.4, 0.5) is 15.8 Å². The molecule has 3 N–H and O–H groups in total. The zero-order chi connectivity index (χ0) is 26.1. The molecule has 0 radical (unpaired) electrons. The van der Waals surface area contributed by atoms with Crippen LogP contribution in [0.1, 0.15) is 47.8 Å². The SMILES string of the molecule is CC(=O)c1cn(C(=O)CN2C[C@H](F)C[C@H]2C(=O)N[C@@H]2CCC[C@H]2O)c2ccc(Nc3cncnc3)cc12. The average molecular weight is 509 g/mol. The van der Waals surface area contributed by atoms with Gasteiger partial charge in [0.2, 0.25) is 11.8 Å². The molecular weight excluding hydrogens is 479 g/mol. The van der Waals surface area contributed by atoms with Crippen LogP contribution in [0.2, 0.25) is 0 Å². The predicted molar refractivity (Wildman–Crippen MR) is 135 cm³/mol. The summed E-state index contributed by atoms with van der Waals surface area (Å²) in [7, 11) is 0. The Labute approximate surface area is 212 Å². The summed E-state index contributed by atoms with van der Waals surface area (Å²) in [5.41, 5.74) is 2.29. The van der Waals surface area contributed by atoms with Crippen LogP contribution in [0.25, 0.3) is 10.9 Å². The topological polar surface area (TPSA) is 129 Å². The molecule has 1 aliphatic carbocycles. The molecule has 0 bridgehead atoms. The van der Waals surface area contributed by atoms with Crippen molar-refractivity contribution >= 4 is 39.9 Å². The fraction of sp³-hybridized carbons (Fsp3) is 0.423. The molecule has 1 aromatic carbocycles. The van der Waals surface area contributed by atoms with E-state index < -0.39 is 18.3 Å². The van der Waals surface area contributed by atoms with Gasteiger partial charge in [-0.2, -0.15) is 0 Å². The summed E-state index contributed by atoms with van der Waals surface area (Å²) >= 11 is 0. The maximum Gasteiger partial charge on any atom is 0.245 e. The Hall–Kier alpha value is -3.70. The third-order valence-corrected chi connectivity index (χ3v) is 7.10. The number of nitrogens with one attached hydrogen (secondary N) is 2. The second-order valence-corrected chi connectivity index (χ2v) is 9.74. The standard InChI is InChI=1S/C26H29FN6O4/c1-15(34)20-12-33(22-6-5-17(8-19(20)22)30-18-9-28-14-29-10-18)25(36)13-32-11-16(27)7-23(32)26(37)31-21-3-2-4-24(21)35/h5-6,8-10,12,14,16,21,23-24,30,35H,2-4,7,11,13H2,1H3,(H,31,37)/t16-,21-,23+,24-/m1/s1. The Morgan fingerprint density at radius 1 is 1.16 bits per heavy atom. The third kappa shape index (κ3) is 5.23. The number of alkyl halides is 1. The van der Waals surface area contributed by atoms with Gasteiger partial charge in [-0.3, -0.25) is 23.9 Å². The zero-order valence-corrected chi connectivity index (χ0v) is 20.4. The van der Waals surface area contributed by atoms with Crippen LogP contribution in [-0.2, 0) is 4.79 Å². The molecule has 3 aromatic rings. The number of fused-ring (bicyclic) bond motifs is 1. The Bertz CT molecular complexity index is 1330. The van der Waals surface area contributed by atoms with E-state index in [1.807, 2.05) is 0 Å². The van der Waals surface area contributed by atoms with Crippen molar-refractivity contribution in [3.63, 3.8) is 0 Å². The number of carbonyl (C=O) groups is 3. The summed E-state index contributed by atoms with van der Waals surface area (Å²) in [5, 5.41) is 16.6. The number of halogens is 1. The fourth-order valence-corrected chi connectivity index (χ4v) is 5.26. The summed E-state index contributed by atoms with van der Waals surface area (Å²) in [6.45, 7) is 1.21. The zero-order valence-electron chi connectivity index (χ0n) is 20.4. The lowest BCUT2D eigenvalue weighted by atomic mass is 10.1. The number of Topliss-reactive ketones (excluding diaryl/α,β-unsaturated/α-hetero) is 1. The van der Waals surface area contributed by atoms with Crippen LogP contribution in [0, 0.1) is 0 Å². The van der Waals surface area contributed by atoms with E-state index in [1.54, 1.807) is 30.6 Å². The molecule has 37 heavy (non-hydrogen) atoms. The van der Waals surface area contributed by atoms with Gasteiger partial charge < -0.3 is 15.7 Å². The summed E-state index contributed by atoms with van der Waals surface area (Å²) in [6, 6.07) is 4.14. The van der Waals surface area contributed by atoms with Crippen molar-refractivity contribution in [2.45, 2.75) is 57.0 Å². The Balaban J connectivity index is 1.37. The lowest BCUT2D eigenvalue weighted by Gasteiger charge is -2.25. The fourth-order valence-electron chi connectivity index (χ4n) is 5.26. The highest BCUT2D eigenvalue weighted by atomic mass is 19.1. The first-order chi connectivity index (χ1) is 17.8. The van der Waals surface area contributed by atoms with Gasteiger partial charge in [-0.15, -0.1) is 0 Å². The second kappa shape index (κ2) is 10.3. The first kappa shape index (κ1) is 25.0. The van der Waals surface area contributed by atoms with Crippen molar-refractivity contribution in [2.75, 3.05) is 18.4 Å². The number of aromatic nitrogens is 3. The molecule has 4 atom stereocenters. The van der Waals surface area contributed by atoms with E-state index in [1.165, 1.54) is 28.9 Å². The molecule has 11 heteroatoms. The Morgan fingerprint density at radius 2 is 1.95 bits per heavy atom. The van der Waals surface area contributed by atoms with Gasteiger partial charge in [0.1, 0.15) is 12.5 Å². The smallest absolute Gasteiger partial charge is 0.245 e. The molecule has 0 spiro atoms. The van der Waals surface area contributed by atoms with Gasteiger partial charge in [-0.25, -0.2) is 14.4 Å². The normalized spacial score (nSPS) is 23.9. The minimum Gasteiger partial charge on any atom is -0.391 e. The quantitative estimate of drug-likeness (QED) is 0.415. The third-order valence-electron chi connectivity index (χ3n) is 7.10. The van der Waals surface area contributed by atoms with Crippen molar-refractivity contribution in [3.8, 4) is 0 Å². The van der Waals surface area contributed by atoms with E-state index in [4.69, 9.17) is 0 Å². The van der Waals surface area contributed by atoms with Gasteiger partial charge in [-0.1, -0.05) is 0 Å². The van der Waals surface area contributed by atoms with Crippen molar-refractivity contribution < 1.29 is 23.9 Å². The lowest BCUT2D eigenvalue weighted by molar-refractivity contribution is -0.126. The van der Waals surface area contributed by atoms with E-state index in [0.717, 1.165) is 6.42 Å². The number of rotatable bonds is 7. The van der Waals surface area contributed by atoms with Gasteiger partial charge in [0.25, 0.3) is 0 Å². The summed E-state index contributed by atoms with van der Waals surface area (Å²) in [5.74, 6) is -0.946. The molecule has 5 rings (SSSR count). The summed E-state index contributed by atoms with van der Waals surface area (Å²) in [4.78, 5) is 48.2. The largest absolute Gasteiger partial charge is 0.391 e. The molecule has 3 heterocycles. The number of hydrogen-bond donors (Lipinski definition) is 3. The van der Waals surface area contributed by atoms with E-state index in [0.29, 0.717) is 40.7 Å². The molecule has 1 amide bonds. The molecule has 1 saturated heterocycles. The predicted octanol–water partition coefficient (Wildman–Crippen LogP) is 2.46. The summed E-state index contributed by atoms with van der Waals surface area (Å²) in [6.07, 6.45) is 6.43. The van der Waals surface area contributed by atoms with Crippen molar-refractivity contribution in [1.82, 2.24) is 24.8 Å². The number of amides is 1. The first-order valence-corrected chi connectivity index (χ1v) is 12.4. The Morgan fingerprint density at radius 3 is 2.65 bits per heavy atom. The molecule has 10 nitrogen and oxygen atoms in total. The van der Waals surface area contributed by atoms with E-state index in [9.17, 15) is 23.9 Å². The highest BCUT2D eigenvalue weighted by Crippen LogP contribution is 2.28. The van der Waals surface area contributed by atoms with Crippen LogP contribution in [0.3, 0.4) is 0 Å². The highest BCUT2D eigenvalue weighted by Gasteiger charge is 2.40. The van der Waals surface area contributed by atoms with Gasteiger partial charge in [-0.05, 0) is 44.4 Å². The number of ketones is 1. The van der Waals surface area contributed by atoms with E-state index in [-0.39, 0.29) is 43.1 Å². The highest BCUT2D eigenvalue weighted by molar-refractivity contribution is 6.10. The molecule has 1 aliphatic heterocycles. The number of aliphatic hydroxyl groups excluding tert-OH is 1. The lowest BCUT2D eigenvalue weighted by Crippen LogP contribution is -2.50. The molecule has 0 unspecified atom stereocenters. The number of likely N-dealkylation sites (tertiary alicyclic amines) is 1. The van der Waals surface area contributed by atoms with Gasteiger partial charge >= 0.3 is 0 Å². The number of aliphatic hydroxyl groups is 1. The second-order valence-electron chi connectivity index (χ2n) is 9.74. The monoisotopic (exact) mass is 508 g/mol. The maximum atomic E-state index is 14.4. The minimum absolute atomic E-state index is 0.00865. The van der Waals surface area contributed by atoms with E-state index in [2.05, 4.69) is 20.6 Å². The van der Waals surface area contributed by atoms with Crippen LogP contribution in [0.5, 0.6) is 0 Å². The molecule has 194 valence electrons. The molecule has 1 saturated carbocycles. The van der Waals surface area contributed by atoms with Crippen LogP contribution in [-0.4, -0.2) is 79.6 Å². The molecule has 2 fully saturated rings. The van der Waals surface area contributed by atoms with Gasteiger partial charge in [0, 0.05) is 35.8 Å². The van der Waals surface area contributed by atoms with Crippen molar-refractivity contribution in [3.05, 3.63) is 48.7 Å². The van der Waals surface area contributed by atoms with Crippen LogP contribution < -0.4 is 10.6 Å². The average Bonchev–Trinajstić information content (AvgIpc) is 3.56. The van der Waals surface area contributed by atoms with Crippen LogP contribution in [0.15, 0.2) is 43.1 Å². The first-order valence-electron chi connectivity index (χ1n) is 12.4. The number of benzene rings is 1. The Kier molecular flexibility index (Phi) is 6.98. The molecular formula is C26H29FN6O4. The number of anilines is 2. The van der Waals surface area contributed by atoms with E-state index >= 15 is 0 Å². The van der Waals surface area contributed by atoms with Gasteiger partial charge in [0.15, 0.2) is 5.78 Å².